The molecule has 0 saturated carbocycles. The molecular formula is C12H16N2O4S. The standard InChI is InChI=1S/C12H16N2O4S/c1-4-8(2)13-19(16,17)9-5-6-10-11(7-9)18-12(15)14(10)3/h5-8,13H,4H2,1-3H3. The first-order valence-electron chi connectivity index (χ1n) is 5.97. The average molecular weight is 284 g/mol. The number of hydrogen-bond donors (Lipinski definition) is 1. The van der Waals surface area contributed by atoms with E-state index < -0.39 is 15.8 Å². The van der Waals surface area contributed by atoms with Gasteiger partial charge in [-0.05, 0) is 25.5 Å². The van der Waals surface area contributed by atoms with Crippen molar-refractivity contribution < 1.29 is 12.8 Å². The molecule has 6 nitrogen and oxygen atoms in total. The molecular weight excluding hydrogens is 268 g/mol. The average Bonchev–Trinajstić information content (AvgIpc) is 2.64. The lowest BCUT2D eigenvalue weighted by molar-refractivity contribution is 0.526. The number of benzene rings is 1. The number of fused-ring (bicyclic) bond motifs is 1. The molecule has 0 radical (unpaired) electrons. The van der Waals surface area contributed by atoms with Gasteiger partial charge >= 0.3 is 5.76 Å². The van der Waals surface area contributed by atoms with Crippen molar-refractivity contribution in [1.29, 1.82) is 0 Å². The van der Waals surface area contributed by atoms with Crippen molar-refractivity contribution in [2.24, 2.45) is 7.05 Å². The fourth-order valence-electron chi connectivity index (χ4n) is 1.70. The van der Waals surface area contributed by atoms with Crippen LogP contribution in [0.4, 0.5) is 0 Å². The Kier molecular flexibility index (Phi) is 3.51. The molecule has 1 aromatic heterocycles. The predicted octanol–water partition coefficient (Wildman–Crippen LogP) is 1.21. The lowest BCUT2D eigenvalue weighted by Crippen LogP contribution is -2.31. The van der Waals surface area contributed by atoms with Crippen LogP contribution in [0.3, 0.4) is 0 Å². The van der Waals surface area contributed by atoms with Crippen LogP contribution in [0.25, 0.3) is 11.1 Å². The van der Waals surface area contributed by atoms with Gasteiger partial charge in [-0.15, -0.1) is 0 Å². The Labute approximate surface area is 111 Å². The molecule has 1 heterocycles. The maximum Gasteiger partial charge on any atom is 0.419 e. The van der Waals surface area contributed by atoms with Crippen LogP contribution < -0.4 is 10.5 Å². The normalized spacial score (nSPS) is 13.8. The van der Waals surface area contributed by atoms with Crippen molar-refractivity contribution in [2.45, 2.75) is 31.2 Å². The molecule has 1 N–H and O–H groups in total. The molecule has 2 aromatic rings. The quantitative estimate of drug-likeness (QED) is 0.915. The number of sulfonamides is 1. The van der Waals surface area contributed by atoms with E-state index in [1.165, 1.54) is 16.7 Å². The molecule has 104 valence electrons. The molecule has 19 heavy (non-hydrogen) atoms. The van der Waals surface area contributed by atoms with Crippen molar-refractivity contribution in [3.63, 3.8) is 0 Å². The van der Waals surface area contributed by atoms with Crippen LogP contribution >= 0.6 is 0 Å². The monoisotopic (exact) mass is 284 g/mol. The summed E-state index contributed by atoms with van der Waals surface area (Å²) in [7, 11) is -2.02. The maximum atomic E-state index is 12.1. The third-order valence-corrected chi connectivity index (χ3v) is 4.63. The van der Waals surface area contributed by atoms with Crippen molar-refractivity contribution in [3.8, 4) is 0 Å². The number of nitrogens with zero attached hydrogens (tertiary/aromatic N) is 1. The van der Waals surface area contributed by atoms with Gasteiger partial charge < -0.3 is 4.42 Å². The van der Waals surface area contributed by atoms with E-state index in [0.29, 0.717) is 11.9 Å². The number of aromatic nitrogens is 1. The summed E-state index contributed by atoms with van der Waals surface area (Å²) in [6, 6.07) is 4.23. The Morgan fingerprint density at radius 2 is 2.11 bits per heavy atom. The van der Waals surface area contributed by atoms with Gasteiger partial charge in [0.2, 0.25) is 10.0 Å². The lowest BCUT2D eigenvalue weighted by Gasteiger charge is -2.11. The van der Waals surface area contributed by atoms with Crippen LogP contribution in [0.2, 0.25) is 0 Å². The molecule has 0 bridgehead atoms. The summed E-state index contributed by atoms with van der Waals surface area (Å²) in [5, 5.41) is 0. The first-order valence-corrected chi connectivity index (χ1v) is 7.45. The third kappa shape index (κ3) is 2.57. The minimum absolute atomic E-state index is 0.0923. The summed E-state index contributed by atoms with van der Waals surface area (Å²) in [6.07, 6.45) is 0.696. The fourth-order valence-corrected chi connectivity index (χ4v) is 3.04. The summed E-state index contributed by atoms with van der Waals surface area (Å²) in [5.41, 5.74) is 0.826. The van der Waals surface area contributed by atoms with Crippen molar-refractivity contribution >= 4 is 21.1 Å². The SMILES string of the molecule is CCC(C)NS(=O)(=O)c1ccc2c(c1)oc(=O)n2C. The van der Waals surface area contributed by atoms with Gasteiger partial charge in [-0.3, -0.25) is 4.57 Å². The minimum Gasteiger partial charge on any atom is -0.408 e. The van der Waals surface area contributed by atoms with Crippen molar-refractivity contribution in [2.75, 3.05) is 0 Å². The van der Waals surface area contributed by atoms with Crippen molar-refractivity contribution in [3.05, 3.63) is 28.7 Å². The summed E-state index contributed by atoms with van der Waals surface area (Å²) in [4.78, 5) is 11.4. The molecule has 0 aliphatic rings. The van der Waals surface area contributed by atoms with Crippen molar-refractivity contribution in [1.82, 2.24) is 9.29 Å². The highest BCUT2D eigenvalue weighted by atomic mass is 32.2. The predicted molar refractivity (Wildman–Crippen MR) is 71.5 cm³/mol. The molecule has 0 spiro atoms. The van der Waals surface area contributed by atoms with E-state index in [-0.39, 0.29) is 16.5 Å². The van der Waals surface area contributed by atoms with E-state index in [4.69, 9.17) is 4.42 Å². The Morgan fingerprint density at radius 3 is 2.74 bits per heavy atom. The summed E-state index contributed by atoms with van der Waals surface area (Å²) in [6.45, 7) is 3.69. The van der Waals surface area contributed by atoms with Crippen LogP contribution in [-0.2, 0) is 17.1 Å². The van der Waals surface area contributed by atoms with E-state index in [9.17, 15) is 13.2 Å². The zero-order chi connectivity index (χ0) is 14.2. The largest absolute Gasteiger partial charge is 0.419 e. The van der Waals surface area contributed by atoms with E-state index in [2.05, 4.69) is 4.72 Å². The fraction of sp³-hybridized carbons (Fsp3) is 0.417. The summed E-state index contributed by atoms with van der Waals surface area (Å²) < 4.78 is 33.1. The Bertz CT molecular complexity index is 758. The van der Waals surface area contributed by atoms with Gasteiger partial charge in [-0.2, -0.15) is 0 Å². The lowest BCUT2D eigenvalue weighted by atomic mass is 10.3. The highest BCUT2D eigenvalue weighted by Crippen LogP contribution is 2.18. The molecule has 1 aromatic carbocycles. The van der Waals surface area contributed by atoms with Crippen LogP contribution in [0.5, 0.6) is 0 Å². The topological polar surface area (TPSA) is 81.3 Å². The Balaban J connectivity index is 2.49. The zero-order valence-electron chi connectivity index (χ0n) is 11.0. The second-order valence-electron chi connectivity index (χ2n) is 4.49. The Morgan fingerprint density at radius 1 is 1.42 bits per heavy atom. The Hall–Kier alpha value is -1.60. The molecule has 2 rings (SSSR count). The van der Waals surface area contributed by atoms with E-state index in [1.54, 1.807) is 20.0 Å². The number of oxazole rings is 1. The minimum atomic E-state index is -3.59. The highest BCUT2D eigenvalue weighted by molar-refractivity contribution is 7.89. The number of aryl methyl sites for hydroxylation is 1. The van der Waals surface area contributed by atoms with Gasteiger partial charge in [0.05, 0.1) is 10.4 Å². The smallest absolute Gasteiger partial charge is 0.408 e. The van der Waals surface area contributed by atoms with Gasteiger partial charge in [0.15, 0.2) is 5.58 Å². The van der Waals surface area contributed by atoms with Gasteiger partial charge in [0, 0.05) is 19.2 Å². The third-order valence-electron chi connectivity index (χ3n) is 3.04. The second-order valence-corrected chi connectivity index (χ2v) is 6.20. The molecule has 1 unspecified atom stereocenters. The second kappa shape index (κ2) is 4.82. The molecule has 7 heteroatoms. The first kappa shape index (κ1) is 13.8. The van der Waals surface area contributed by atoms with Crippen LogP contribution in [-0.4, -0.2) is 19.0 Å². The summed E-state index contributed by atoms with van der Waals surface area (Å²) >= 11 is 0. The molecule has 0 amide bonds. The van der Waals surface area contributed by atoms with E-state index in [0.717, 1.165) is 0 Å². The molecule has 0 aliphatic carbocycles. The van der Waals surface area contributed by atoms with Crippen LogP contribution in [0, 0.1) is 0 Å². The van der Waals surface area contributed by atoms with Gasteiger partial charge in [-0.25, -0.2) is 17.9 Å². The maximum absolute atomic E-state index is 12.1. The molecule has 0 saturated heterocycles. The number of nitrogens with one attached hydrogen (secondary N) is 1. The zero-order valence-corrected chi connectivity index (χ0v) is 11.8. The van der Waals surface area contributed by atoms with Gasteiger partial charge in [0.1, 0.15) is 0 Å². The molecule has 0 fully saturated rings. The van der Waals surface area contributed by atoms with Gasteiger partial charge in [0.25, 0.3) is 0 Å². The molecule has 0 aliphatic heterocycles. The molecule has 1 atom stereocenters. The van der Waals surface area contributed by atoms with Crippen LogP contribution in [0.1, 0.15) is 20.3 Å². The number of hydrogen-bond acceptors (Lipinski definition) is 4. The van der Waals surface area contributed by atoms with Crippen LogP contribution in [0.15, 0.2) is 32.3 Å². The highest BCUT2D eigenvalue weighted by Gasteiger charge is 2.18. The first-order chi connectivity index (χ1) is 8.85. The summed E-state index contributed by atoms with van der Waals surface area (Å²) in [5.74, 6) is -0.514. The number of rotatable bonds is 4. The van der Waals surface area contributed by atoms with E-state index >= 15 is 0 Å². The van der Waals surface area contributed by atoms with Gasteiger partial charge in [-0.1, -0.05) is 6.92 Å². The van der Waals surface area contributed by atoms with E-state index in [1.807, 2.05) is 6.92 Å².